The Morgan fingerprint density at radius 1 is 1.30 bits per heavy atom. The molecule has 1 N–H and O–H groups in total. The maximum absolute atomic E-state index is 12.1. The minimum Gasteiger partial charge on any atom is -0.376 e. The highest BCUT2D eigenvalue weighted by Crippen LogP contribution is 2.18. The van der Waals surface area contributed by atoms with Crippen LogP contribution in [0.5, 0.6) is 0 Å². The molecule has 0 saturated heterocycles. The lowest BCUT2D eigenvalue weighted by Gasteiger charge is -2.20. The van der Waals surface area contributed by atoms with E-state index in [4.69, 9.17) is 0 Å². The highest BCUT2D eigenvalue weighted by molar-refractivity contribution is 5.97. The molecule has 112 valence electrons. The van der Waals surface area contributed by atoms with Crippen molar-refractivity contribution in [2.75, 3.05) is 13.1 Å². The highest BCUT2D eigenvalue weighted by atomic mass is 16.1. The van der Waals surface area contributed by atoms with Crippen LogP contribution >= 0.6 is 0 Å². The molecule has 0 heterocycles. The molecule has 1 fully saturated rings. The van der Waals surface area contributed by atoms with Crippen molar-refractivity contribution in [3.05, 3.63) is 11.8 Å². The number of hydrogen-bond donors (Lipinski definition) is 1. The third kappa shape index (κ3) is 5.64. The Labute approximate surface area is 122 Å². The van der Waals surface area contributed by atoms with Crippen molar-refractivity contribution in [2.24, 2.45) is 0 Å². The van der Waals surface area contributed by atoms with Gasteiger partial charge in [-0.15, -0.1) is 0 Å². The van der Waals surface area contributed by atoms with Gasteiger partial charge < -0.3 is 10.2 Å². The molecule has 4 heteroatoms. The Morgan fingerprint density at radius 3 is 2.55 bits per heavy atom. The van der Waals surface area contributed by atoms with E-state index in [1.54, 1.807) is 6.20 Å². The van der Waals surface area contributed by atoms with Gasteiger partial charge in [0.2, 0.25) is 0 Å². The molecule has 0 unspecified atom stereocenters. The van der Waals surface area contributed by atoms with E-state index < -0.39 is 0 Å². The summed E-state index contributed by atoms with van der Waals surface area (Å²) in [4.78, 5) is 14.2. The normalized spacial score (nSPS) is 15.9. The van der Waals surface area contributed by atoms with Crippen LogP contribution in [0.15, 0.2) is 11.8 Å². The number of carbonyl (C=O) groups excluding carboxylic acids is 1. The van der Waals surface area contributed by atoms with Crippen LogP contribution in [-0.2, 0) is 4.79 Å². The predicted octanol–water partition coefficient (Wildman–Crippen LogP) is 2.96. The lowest BCUT2D eigenvalue weighted by Crippen LogP contribution is -2.34. The summed E-state index contributed by atoms with van der Waals surface area (Å²) in [5, 5.41) is 12.2. The molecule has 0 aromatic rings. The van der Waals surface area contributed by atoms with Gasteiger partial charge in [0.05, 0.1) is 0 Å². The molecule has 0 aliphatic heterocycles. The van der Waals surface area contributed by atoms with E-state index in [9.17, 15) is 10.1 Å². The van der Waals surface area contributed by atoms with Crippen molar-refractivity contribution >= 4 is 5.91 Å². The molecule has 0 bridgehead atoms. The molecule has 1 aliphatic rings. The second-order valence-corrected chi connectivity index (χ2v) is 5.50. The van der Waals surface area contributed by atoms with Crippen molar-refractivity contribution in [2.45, 2.75) is 64.8 Å². The fraction of sp³-hybridized carbons (Fsp3) is 0.750. The van der Waals surface area contributed by atoms with Gasteiger partial charge in [-0.05, 0) is 25.7 Å². The molecule has 1 rings (SSSR count). The van der Waals surface area contributed by atoms with Gasteiger partial charge >= 0.3 is 0 Å². The van der Waals surface area contributed by atoms with E-state index >= 15 is 0 Å². The van der Waals surface area contributed by atoms with Gasteiger partial charge in [0.25, 0.3) is 5.91 Å². The summed E-state index contributed by atoms with van der Waals surface area (Å²) in [6, 6.07) is 2.31. The van der Waals surface area contributed by atoms with E-state index in [-0.39, 0.29) is 17.5 Å². The number of carbonyl (C=O) groups is 1. The molecule has 0 aromatic heterocycles. The molecule has 1 amide bonds. The number of rotatable bonds is 8. The maximum Gasteiger partial charge on any atom is 0.263 e. The lowest BCUT2D eigenvalue weighted by molar-refractivity contribution is -0.117. The average molecular weight is 277 g/mol. The van der Waals surface area contributed by atoms with Crippen LogP contribution < -0.4 is 5.32 Å². The Morgan fingerprint density at radius 2 is 2.00 bits per heavy atom. The number of unbranched alkanes of at least 4 members (excludes halogenated alkanes) is 1. The molecule has 0 radical (unpaired) electrons. The van der Waals surface area contributed by atoms with Gasteiger partial charge in [-0.25, -0.2) is 0 Å². The first-order valence-corrected chi connectivity index (χ1v) is 7.88. The molecular formula is C16H27N3O. The van der Waals surface area contributed by atoms with Crippen molar-refractivity contribution < 1.29 is 4.79 Å². The zero-order valence-corrected chi connectivity index (χ0v) is 12.8. The van der Waals surface area contributed by atoms with E-state index in [1.807, 2.05) is 6.07 Å². The zero-order valence-electron chi connectivity index (χ0n) is 12.8. The van der Waals surface area contributed by atoms with Crippen LogP contribution in [0.2, 0.25) is 0 Å². The van der Waals surface area contributed by atoms with Gasteiger partial charge in [-0.2, -0.15) is 5.26 Å². The Hall–Kier alpha value is -1.50. The Kier molecular flexibility index (Phi) is 7.79. The van der Waals surface area contributed by atoms with Crippen LogP contribution in [0.3, 0.4) is 0 Å². The first kappa shape index (κ1) is 16.6. The summed E-state index contributed by atoms with van der Waals surface area (Å²) in [7, 11) is 0. The molecule has 0 atom stereocenters. The fourth-order valence-corrected chi connectivity index (χ4v) is 2.54. The Bertz CT molecular complexity index is 364. The Balaban J connectivity index is 2.61. The molecule has 1 saturated carbocycles. The second-order valence-electron chi connectivity index (χ2n) is 5.50. The minimum atomic E-state index is -0.211. The van der Waals surface area contributed by atoms with Crippen LogP contribution in [-0.4, -0.2) is 29.9 Å². The maximum atomic E-state index is 12.1. The van der Waals surface area contributed by atoms with Crippen molar-refractivity contribution in [1.82, 2.24) is 10.2 Å². The third-order valence-electron chi connectivity index (χ3n) is 3.68. The largest absolute Gasteiger partial charge is 0.376 e. The van der Waals surface area contributed by atoms with E-state index in [0.29, 0.717) is 0 Å². The third-order valence-corrected chi connectivity index (χ3v) is 3.68. The highest BCUT2D eigenvalue weighted by Gasteiger charge is 2.19. The minimum absolute atomic E-state index is 0.211. The lowest BCUT2D eigenvalue weighted by atomic mass is 10.2. The van der Waals surface area contributed by atoms with Crippen LogP contribution in [0, 0.1) is 11.3 Å². The average Bonchev–Trinajstić information content (AvgIpc) is 2.94. The topological polar surface area (TPSA) is 56.1 Å². The van der Waals surface area contributed by atoms with Crippen LogP contribution in [0.25, 0.3) is 0 Å². The predicted molar refractivity (Wildman–Crippen MR) is 80.9 cm³/mol. The molecular weight excluding hydrogens is 250 g/mol. The zero-order chi connectivity index (χ0) is 14.8. The molecule has 0 aromatic carbocycles. The fourth-order valence-electron chi connectivity index (χ4n) is 2.54. The first-order chi connectivity index (χ1) is 9.71. The summed E-state index contributed by atoms with van der Waals surface area (Å²) in [5.74, 6) is -0.211. The smallest absolute Gasteiger partial charge is 0.263 e. The van der Waals surface area contributed by atoms with Gasteiger partial charge in [0, 0.05) is 25.3 Å². The molecule has 4 nitrogen and oxygen atoms in total. The van der Waals surface area contributed by atoms with Crippen molar-refractivity contribution in [3.63, 3.8) is 0 Å². The number of nitrogens with zero attached hydrogens (tertiary/aromatic N) is 2. The summed E-state index contributed by atoms with van der Waals surface area (Å²) < 4.78 is 0. The monoisotopic (exact) mass is 277 g/mol. The van der Waals surface area contributed by atoms with Gasteiger partial charge in [-0.1, -0.05) is 33.1 Å². The van der Waals surface area contributed by atoms with E-state index in [2.05, 4.69) is 24.1 Å². The summed E-state index contributed by atoms with van der Waals surface area (Å²) in [6.45, 7) is 6.05. The SMILES string of the molecule is CCCCN(/C=C(/C#N)C(=O)NC1CCCC1)CCC. The quantitative estimate of drug-likeness (QED) is 0.548. The first-order valence-electron chi connectivity index (χ1n) is 7.88. The second kappa shape index (κ2) is 9.41. The number of hydrogen-bond acceptors (Lipinski definition) is 3. The molecule has 0 spiro atoms. The molecule has 20 heavy (non-hydrogen) atoms. The van der Waals surface area contributed by atoms with Crippen LogP contribution in [0.4, 0.5) is 0 Å². The van der Waals surface area contributed by atoms with Crippen molar-refractivity contribution in [1.29, 1.82) is 5.26 Å². The summed E-state index contributed by atoms with van der Waals surface area (Å²) in [6.07, 6.45) is 9.39. The van der Waals surface area contributed by atoms with Gasteiger partial charge in [0.15, 0.2) is 0 Å². The van der Waals surface area contributed by atoms with E-state index in [0.717, 1.165) is 45.2 Å². The number of nitrogens with one attached hydrogen (secondary N) is 1. The number of nitriles is 1. The standard InChI is InChI=1S/C16H27N3O/c1-3-5-11-19(10-4-2)13-14(12-17)16(20)18-15-8-6-7-9-15/h13,15H,3-11H2,1-2H3,(H,18,20)/b14-13-. The molecule has 1 aliphatic carbocycles. The number of amides is 1. The van der Waals surface area contributed by atoms with Gasteiger partial charge in [-0.3, -0.25) is 4.79 Å². The summed E-state index contributed by atoms with van der Waals surface area (Å²) in [5.41, 5.74) is 0.237. The van der Waals surface area contributed by atoms with Crippen LogP contribution in [0.1, 0.15) is 58.8 Å². The van der Waals surface area contributed by atoms with E-state index in [1.165, 1.54) is 12.8 Å². The summed E-state index contributed by atoms with van der Waals surface area (Å²) >= 11 is 0. The van der Waals surface area contributed by atoms with Crippen molar-refractivity contribution in [3.8, 4) is 6.07 Å². The van der Waals surface area contributed by atoms with Gasteiger partial charge in [0.1, 0.15) is 11.6 Å².